The molecule has 2 aliphatic rings. The zero-order chi connectivity index (χ0) is 18.5. The molecule has 7 heteroatoms. The van der Waals surface area contributed by atoms with E-state index < -0.39 is 34.4 Å². The molecule has 0 aliphatic heterocycles. The Kier molecular flexibility index (Phi) is 4.59. The van der Waals surface area contributed by atoms with Crippen LogP contribution in [0.3, 0.4) is 0 Å². The zero-order valence-electron chi connectivity index (χ0n) is 14.7. The van der Waals surface area contributed by atoms with Crippen LogP contribution in [0.25, 0.3) is 0 Å². The van der Waals surface area contributed by atoms with Crippen LogP contribution in [0.1, 0.15) is 55.4 Å². The molecule has 0 atom stereocenters. The van der Waals surface area contributed by atoms with E-state index in [1.165, 1.54) is 21.6 Å². The summed E-state index contributed by atoms with van der Waals surface area (Å²) in [5.74, 6) is 0.174. The van der Waals surface area contributed by atoms with Crippen molar-refractivity contribution in [3.05, 3.63) is 0 Å². The molecule has 0 radical (unpaired) electrons. The van der Waals surface area contributed by atoms with E-state index in [0.717, 1.165) is 0 Å². The number of ketones is 1. The van der Waals surface area contributed by atoms with Crippen molar-refractivity contribution in [1.82, 2.24) is 0 Å². The van der Waals surface area contributed by atoms with Crippen LogP contribution in [0.4, 0.5) is 0 Å². The normalized spacial score (nSPS) is 33.5. The van der Waals surface area contributed by atoms with E-state index in [1.807, 2.05) is 55.4 Å². The zero-order valence-corrected chi connectivity index (χ0v) is 19.4. The number of carbonyl (C=O) groups excluding carboxylic acids is 1. The second-order valence-electron chi connectivity index (χ2n) is 8.76. The van der Waals surface area contributed by atoms with Gasteiger partial charge in [-0.3, -0.25) is 4.79 Å². The SMILES string of the molecule is CC1(C)C(=O)C(C)(C)C1(Cl)SSC1(Cl)C(C)(C)C(Cl)(Cl)C1(C)C. The van der Waals surface area contributed by atoms with Gasteiger partial charge in [-0.15, -0.1) is 46.4 Å². The van der Waals surface area contributed by atoms with Crippen LogP contribution in [0.2, 0.25) is 0 Å². The molecule has 0 aromatic heterocycles. The van der Waals surface area contributed by atoms with Gasteiger partial charge in [0, 0.05) is 10.8 Å². The summed E-state index contributed by atoms with van der Waals surface area (Å²) in [6, 6.07) is 0. The molecule has 2 fully saturated rings. The summed E-state index contributed by atoms with van der Waals surface area (Å²) in [5, 5.41) is 0. The molecule has 0 aromatic carbocycles. The standard InChI is InChI=1S/C16H24Cl4OS2/c1-10(2)9(21)11(3,4)15(10,19)22-23-16(20)12(5,6)14(17,18)13(16,7)8/h1-8H3. The van der Waals surface area contributed by atoms with Crippen molar-refractivity contribution >= 4 is 73.8 Å². The molecule has 0 amide bonds. The van der Waals surface area contributed by atoms with Gasteiger partial charge in [-0.05, 0) is 0 Å². The first-order chi connectivity index (χ1) is 9.86. The van der Waals surface area contributed by atoms with Gasteiger partial charge in [0.25, 0.3) is 0 Å². The van der Waals surface area contributed by atoms with Crippen LogP contribution in [-0.2, 0) is 4.79 Å². The summed E-state index contributed by atoms with van der Waals surface area (Å²) >= 11 is 27.1. The molecule has 0 spiro atoms. The average molecular weight is 438 g/mol. The van der Waals surface area contributed by atoms with Crippen LogP contribution < -0.4 is 0 Å². The van der Waals surface area contributed by atoms with Gasteiger partial charge in [0.15, 0.2) is 0 Å². The molecule has 0 saturated heterocycles. The van der Waals surface area contributed by atoms with Crippen LogP contribution in [0.5, 0.6) is 0 Å². The van der Waals surface area contributed by atoms with Crippen molar-refractivity contribution in [2.45, 2.75) is 68.1 Å². The number of hydrogen-bond acceptors (Lipinski definition) is 3. The Morgan fingerprint density at radius 2 is 0.957 bits per heavy atom. The summed E-state index contributed by atoms with van der Waals surface area (Å²) in [5.41, 5.74) is -2.25. The minimum Gasteiger partial charge on any atom is -0.298 e. The number of hydrogen-bond donors (Lipinski definition) is 0. The van der Waals surface area contributed by atoms with Gasteiger partial charge in [-0.2, -0.15) is 0 Å². The third kappa shape index (κ3) is 1.96. The Labute approximate surface area is 167 Å². The molecule has 1 nitrogen and oxygen atoms in total. The van der Waals surface area contributed by atoms with Gasteiger partial charge < -0.3 is 0 Å². The van der Waals surface area contributed by atoms with Gasteiger partial charge in [0.05, 0.1) is 10.8 Å². The van der Waals surface area contributed by atoms with Crippen molar-refractivity contribution in [2.75, 3.05) is 0 Å². The Morgan fingerprint density at radius 1 is 0.652 bits per heavy atom. The highest BCUT2D eigenvalue weighted by Crippen LogP contribution is 2.83. The third-order valence-corrected chi connectivity index (χ3v) is 15.3. The maximum Gasteiger partial charge on any atom is 0.149 e. The van der Waals surface area contributed by atoms with Crippen LogP contribution in [0.15, 0.2) is 0 Å². The molecule has 0 bridgehead atoms. The topological polar surface area (TPSA) is 17.1 Å². The highest BCUT2D eigenvalue weighted by molar-refractivity contribution is 8.78. The van der Waals surface area contributed by atoms with E-state index in [2.05, 4.69) is 0 Å². The average Bonchev–Trinajstić information content (AvgIpc) is 2.41. The lowest BCUT2D eigenvalue weighted by Gasteiger charge is -2.71. The molecule has 0 heterocycles. The molecule has 2 rings (SSSR count). The van der Waals surface area contributed by atoms with Crippen molar-refractivity contribution < 1.29 is 4.79 Å². The molecular formula is C16H24Cl4OS2. The molecule has 23 heavy (non-hydrogen) atoms. The van der Waals surface area contributed by atoms with E-state index in [9.17, 15) is 4.79 Å². The monoisotopic (exact) mass is 436 g/mol. The lowest BCUT2D eigenvalue weighted by atomic mass is 9.54. The Morgan fingerprint density at radius 3 is 1.30 bits per heavy atom. The van der Waals surface area contributed by atoms with Crippen molar-refractivity contribution in [2.24, 2.45) is 21.7 Å². The molecule has 0 N–H and O–H groups in total. The number of alkyl halides is 4. The van der Waals surface area contributed by atoms with Gasteiger partial charge in [0.1, 0.15) is 18.5 Å². The van der Waals surface area contributed by atoms with E-state index >= 15 is 0 Å². The molecule has 2 saturated carbocycles. The summed E-state index contributed by atoms with van der Waals surface area (Å²) in [7, 11) is 2.98. The molecular weight excluding hydrogens is 414 g/mol. The maximum absolute atomic E-state index is 12.4. The van der Waals surface area contributed by atoms with Crippen LogP contribution in [-0.4, -0.2) is 18.5 Å². The first-order valence-electron chi connectivity index (χ1n) is 7.53. The van der Waals surface area contributed by atoms with Crippen molar-refractivity contribution in [3.8, 4) is 0 Å². The number of carbonyl (C=O) groups is 1. The predicted octanol–water partition coefficient (Wildman–Crippen LogP) is 7.11. The second kappa shape index (κ2) is 5.07. The Balaban J connectivity index is 2.30. The van der Waals surface area contributed by atoms with E-state index in [0.29, 0.717) is 0 Å². The van der Waals surface area contributed by atoms with E-state index in [1.54, 1.807) is 0 Å². The number of Topliss-reactive ketones (excluding diaryl/α,β-unsaturated/α-hetero) is 1. The quantitative estimate of drug-likeness (QED) is 0.345. The van der Waals surface area contributed by atoms with Gasteiger partial charge >= 0.3 is 0 Å². The summed E-state index contributed by atoms with van der Waals surface area (Å²) in [6.07, 6.45) is 0. The minimum atomic E-state index is -0.935. The lowest BCUT2D eigenvalue weighted by Crippen LogP contribution is -2.75. The first-order valence-corrected chi connectivity index (χ1v) is 11.2. The maximum atomic E-state index is 12.4. The number of rotatable bonds is 3. The van der Waals surface area contributed by atoms with Crippen LogP contribution >= 0.6 is 68.0 Å². The van der Waals surface area contributed by atoms with E-state index in [-0.39, 0.29) is 5.78 Å². The highest BCUT2D eigenvalue weighted by atomic mass is 35.5. The molecule has 0 aromatic rings. The third-order valence-electron chi connectivity index (χ3n) is 6.19. The fraction of sp³-hybridized carbons (Fsp3) is 0.938. The Bertz CT molecular complexity index is 530. The van der Waals surface area contributed by atoms with Gasteiger partial charge in [0.2, 0.25) is 0 Å². The Hall–Kier alpha value is 1.53. The molecule has 2 aliphatic carbocycles. The fourth-order valence-electron chi connectivity index (χ4n) is 4.23. The van der Waals surface area contributed by atoms with Crippen LogP contribution in [0, 0.1) is 21.7 Å². The highest BCUT2D eigenvalue weighted by Gasteiger charge is 2.81. The molecule has 134 valence electrons. The smallest absolute Gasteiger partial charge is 0.149 e. The van der Waals surface area contributed by atoms with Crippen molar-refractivity contribution in [3.63, 3.8) is 0 Å². The first kappa shape index (κ1) is 20.8. The minimum absolute atomic E-state index is 0.174. The van der Waals surface area contributed by atoms with Crippen molar-refractivity contribution in [1.29, 1.82) is 0 Å². The van der Waals surface area contributed by atoms with Gasteiger partial charge in [-0.1, -0.05) is 77.0 Å². The second-order valence-corrected chi connectivity index (χ2v) is 14.2. The fourth-order valence-corrected chi connectivity index (χ4v) is 11.0. The number of halogens is 4. The largest absolute Gasteiger partial charge is 0.298 e. The summed E-state index contributed by atoms with van der Waals surface area (Å²) < 4.78 is -2.36. The summed E-state index contributed by atoms with van der Waals surface area (Å²) in [6.45, 7) is 15.5. The van der Waals surface area contributed by atoms with E-state index in [4.69, 9.17) is 46.4 Å². The summed E-state index contributed by atoms with van der Waals surface area (Å²) in [4.78, 5) is 12.4. The van der Waals surface area contributed by atoms with Gasteiger partial charge in [-0.25, -0.2) is 0 Å². The predicted molar refractivity (Wildman–Crippen MR) is 107 cm³/mol. The lowest BCUT2D eigenvalue weighted by molar-refractivity contribution is -0.153. The molecule has 0 unspecified atom stereocenters.